The third-order valence-electron chi connectivity index (χ3n) is 3.93. The molecule has 0 amide bonds. The molecule has 1 nitrogen and oxygen atoms in total. The highest BCUT2D eigenvalue weighted by molar-refractivity contribution is 5.22. The summed E-state index contributed by atoms with van der Waals surface area (Å²) in [7, 11) is 0. The van der Waals surface area contributed by atoms with Gasteiger partial charge in [0.15, 0.2) is 0 Å². The Morgan fingerprint density at radius 3 is 2.76 bits per heavy atom. The van der Waals surface area contributed by atoms with Gasteiger partial charge in [-0.3, -0.25) is 0 Å². The first kappa shape index (κ1) is 12.6. The molecule has 1 saturated carbocycles. The van der Waals surface area contributed by atoms with E-state index in [0.29, 0.717) is 11.5 Å². The van der Waals surface area contributed by atoms with Crippen molar-refractivity contribution in [2.75, 3.05) is 6.54 Å². The highest BCUT2D eigenvalue weighted by Gasteiger charge is 2.36. The van der Waals surface area contributed by atoms with Gasteiger partial charge in [-0.05, 0) is 50.5 Å². The quantitative estimate of drug-likeness (QED) is 0.787. The fraction of sp³-hybridized carbons (Fsp3) is 0.625. The van der Waals surface area contributed by atoms with Crippen LogP contribution in [0.3, 0.4) is 0 Å². The van der Waals surface area contributed by atoms with Crippen LogP contribution in [0.2, 0.25) is 0 Å². The lowest BCUT2D eigenvalue weighted by Gasteiger charge is -2.17. The van der Waals surface area contributed by atoms with Crippen molar-refractivity contribution in [1.29, 1.82) is 0 Å². The minimum absolute atomic E-state index is 0.623. The Balaban J connectivity index is 1.70. The van der Waals surface area contributed by atoms with Gasteiger partial charge in [0, 0.05) is 12.6 Å². The Morgan fingerprint density at radius 1 is 1.35 bits per heavy atom. The van der Waals surface area contributed by atoms with Crippen LogP contribution >= 0.6 is 0 Å². The van der Waals surface area contributed by atoms with Gasteiger partial charge < -0.3 is 5.32 Å². The summed E-state index contributed by atoms with van der Waals surface area (Å²) in [6.07, 6.45) is 5.24. The van der Waals surface area contributed by atoms with Crippen molar-refractivity contribution in [2.24, 2.45) is 5.41 Å². The molecule has 0 aromatic heterocycles. The molecular weight excluding hydrogens is 206 g/mol. The Morgan fingerprint density at radius 2 is 2.12 bits per heavy atom. The number of hydrogen-bond donors (Lipinski definition) is 1. The van der Waals surface area contributed by atoms with Crippen molar-refractivity contribution in [3.8, 4) is 0 Å². The van der Waals surface area contributed by atoms with Crippen molar-refractivity contribution in [3.05, 3.63) is 35.4 Å². The fourth-order valence-corrected chi connectivity index (χ4v) is 2.16. The zero-order chi connectivity index (χ0) is 12.3. The average Bonchev–Trinajstić information content (AvgIpc) is 3.03. The van der Waals surface area contributed by atoms with Crippen molar-refractivity contribution in [3.63, 3.8) is 0 Å². The van der Waals surface area contributed by atoms with Gasteiger partial charge in [0.2, 0.25) is 0 Å². The minimum atomic E-state index is 0.623. The van der Waals surface area contributed by atoms with E-state index in [1.165, 1.54) is 43.4 Å². The van der Waals surface area contributed by atoms with E-state index >= 15 is 0 Å². The van der Waals surface area contributed by atoms with Crippen molar-refractivity contribution in [1.82, 2.24) is 5.32 Å². The van der Waals surface area contributed by atoms with Crippen LogP contribution in [0.4, 0.5) is 0 Å². The average molecular weight is 231 g/mol. The molecule has 1 aromatic carbocycles. The summed E-state index contributed by atoms with van der Waals surface area (Å²) < 4.78 is 0. The van der Waals surface area contributed by atoms with E-state index in [0.717, 1.165) is 0 Å². The monoisotopic (exact) mass is 231 g/mol. The SMILES string of the molecule is Cc1cccc(CCC(C)NCC2(C)CC2)c1. The van der Waals surface area contributed by atoms with Crippen LogP contribution in [0.5, 0.6) is 0 Å². The van der Waals surface area contributed by atoms with Crippen molar-refractivity contribution >= 4 is 0 Å². The first-order chi connectivity index (χ1) is 8.07. The van der Waals surface area contributed by atoms with E-state index in [2.05, 4.69) is 50.4 Å². The lowest BCUT2D eigenvalue weighted by Crippen LogP contribution is -2.31. The van der Waals surface area contributed by atoms with Crippen LogP contribution in [0, 0.1) is 12.3 Å². The highest BCUT2D eigenvalue weighted by Crippen LogP contribution is 2.44. The van der Waals surface area contributed by atoms with E-state index < -0.39 is 0 Å². The van der Waals surface area contributed by atoms with Crippen LogP contribution in [0.25, 0.3) is 0 Å². The molecule has 1 aliphatic rings. The van der Waals surface area contributed by atoms with E-state index in [1.807, 2.05) is 0 Å². The van der Waals surface area contributed by atoms with Crippen LogP contribution < -0.4 is 5.32 Å². The molecule has 1 heteroatoms. The number of nitrogens with one attached hydrogen (secondary N) is 1. The fourth-order valence-electron chi connectivity index (χ4n) is 2.16. The standard InChI is InChI=1S/C16H25N/c1-13-5-4-6-15(11-13)8-7-14(2)17-12-16(3)9-10-16/h4-6,11,14,17H,7-10,12H2,1-3H3. The van der Waals surface area contributed by atoms with Gasteiger partial charge in [-0.25, -0.2) is 0 Å². The Kier molecular flexibility index (Phi) is 3.88. The lowest BCUT2D eigenvalue weighted by molar-refractivity contribution is 0.434. The molecule has 0 aliphatic heterocycles. The van der Waals surface area contributed by atoms with E-state index in [4.69, 9.17) is 0 Å². The lowest BCUT2D eigenvalue weighted by atomic mass is 10.0. The van der Waals surface area contributed by atoms with Gasteiger partial charge in [-0.2, -0.15) is 0 Å². The molecule has 1 fully saturated rings. The number of hydrogen-bond acceptors (Lipinski definition) is 1. The third-order valence-corrected chi connectivity index (χ3v) is 3.93. The second-order valence-corrected chi connectivity index (χ2v) is 6.12. The van der Waals surface area contributed by atoms with Gasteiger partial charge >= 0.3 is 0 Å². The zero-order valence-electron chi connectivity index (χ0n) is 11.4. The smallest absolute Gasteiger partial charge is 0.00421 e. The van der Waals surface area contributed by atoms with Crippen molar-refractivity contribution < 1.29 is 0 Å². The number of benzene rings is 1. The minimum Gasteiger partial charge on any atom is -0.314 e. The molecule has 1 atom stereocenters. The summed E-state index contributed by atoms with van der Waals surface area (Å²) in [5, 5.41) is 3.67. The molecule has 1 unspecified atom stereocenters. The third kappa shape index (κ3) is 4.16. The molecule has 1 aromatic rings. The van der Waals surface area contributed by atoms with E-state index in [1.54, 1.807) is 0 Å². The maximum atomic E-state index is 3.67. The van der Waals surface area contributed by atoms with Crippen LogP contribution in [-0.4, -0.2) is 12.6 Å². The molecule has 1 N–H and O–H groups in total. The Bertz CT molecular complexity index is 366. The summed E-state index contributed by atoms with van der Waals surface area (Å²) in [6.45, 7) is 8.05. The Hall–Kier alpha value is -0.820. The molecule has 0 heterocycles. The molecule has 0 radical (unpaired) electrons. The second-order valence-electron chi connectivity index (χ2n) is 6.12. The normalized spacial score (nSPS) is 19.0. The molecule has 2 rings (SSSR count). The summed E-state index contributed by atoms with van der Waals surface area (Å²) in [6, 6.07) is 9.50. The van der Waals surface area contributed by atoms with Crippen LogP contribution in [0.1, 0.15) is 44.2 Å². The predicted octanol–water partition coefficient (Wildman–Crippen LogP) is 3.71. The van der Waals surface area contributed by atoms with Gasteiger partial charge in [0.1, 0.15) is 0 Å². The Labute approximate surface area is 106 Å². The molecule has 94 valence electrons. The molecule has 1 aliphatic carbocycles. The van der Waals surface area contributed by atoms with Crippen LogP contribution in [0.15, 0.2) is 24.3 Å². The van der Waals surface area contributed by atoms with Crippen LogP contribution in [-0.2, 0) is 6.42 Å². The van der Waals surface area contributed by atoms with Gasteiger partial charge in [-0.1, -0.05) is 36.8 Å². The second kappa shape index (κ2) is 5.22. The summed E-state index contributed by atoms with van der Waals surface area (Å²) in [5.41, 5.74) is 3.46. The maximum absolute atomic E-state index is 3.67. The summed E-state index contributed by atoms with van der Waals surface area (Å²) >= 11 is 0. The van der Waals surface area contributed by atoms with E-state index in [-0.39, 0.29) is 0 Å². The number of rotatable bonds is 6. The molecule has 0 spiro atoms. The maximum Gasteiger partial charge on any atom is 0.00421 e. The predicted molar refractivity (Wildman–Crippen MR) is 74.3 cm³/mol. The largest absolute Gasteiger partial charge is 0.314 e. The number of aryl methyl sites for hydroxylation is 2. The van der Waals surface area contributed by atoms with Crippen molar-refractivity contribution in [2.45, 2.75) is 52.5 Å². The first-order valence-corrected chi connectivity index (χ1v) is 6.86. The molecular formula is C16H25N. The zero-order valence-corrected chi connectivity index (χ0v) is 11.4. The molecule has 0 saturated heterocycles. The van der Waals surface area contributed by atoms with Gasteiger partial charge in [-0.15, -0.1) is 0 Å². The van der Waals surface area contributed by atoms with Gasteiger partial charge in [0.05, 0.1) is 0 Å². The highest BCUT2D eigenvalue weighted by atomic mass is 14.9. The topological polar surface area (TPSA) is 12.0 Å². The molecule has 0 bridgehead atoms. The summed E-state index contributed by atoms with van der Waals surface area (Å²) in [4.78, 5) is 0. The van der Waals surface area contributed by atoms with Gasteiger partial charge in [0.25, 0.3) is 0 Å². The molecule has 17 heavy (non-hydrogen) atoms. The van der Waals surface area contributed by atoms with E-state index in [9.17, 15) is 0 Å². The summed E-state index contributed by atoms with van der Waals surface area (Å²) in [5.74, 6) is 0. The first-order valence-electron chi connectivity index (χ1n) is 6.86.